The number of hydrogen-bond acceptors (Lipinski definition) is 5. The minimum absolute atomic E-state index is 0.376. The van der Waals surface area contributed by atoms with Crippen LogP contribution in [0.5, 0.6) is 11.5 Å². The van der Waals surface area contributed by atoms with Gasteiger partial charge in [0.15, 0.2) is 17.8 Å². The van der Waals surface area contributed by atoms with Gasteiger partial charge in [-0.2, -0.15) is 5.26 Å². The number of rotatable bonds is 9. The van der Waals surface area contributed by atoms with E-state index in [9.17, 15) is 5.26 Å². The van der Waals surface area contributed by atoms with Crippen LogP contribution in [0, 0.1) is 11.3 Å². The Balaban J connectivity index is 2.29. The standard InChI is InChI=1S/C22H25NO4/c1-5-26-22(27-6-2)17-9-7-16(8-10-17)13-19(15-23)18-11-12-20(24-3)21(14-18)25-4/h7-14,22H,5-6H2,1-4H3/b19-13+. The molecule has 0 fully saturated rings. The van der Waals surface area contributed by atoms with Crippen LogP contribution in [0.1, 0.15) is 36.8 Å². The van der Waals surface area contributed by atoms with E-state index in [0.29, 0.717) is 30.3 Å². The fraction of sp³-hybridized carbons (Fsp3) is 0.318. The molecular formula is C22H25NO4. The van der Waals surface area contributed by atoms with E-state index >= 15 is 0 Å². The summed E-state index contributed by atoms with van der Waals surface area (Å²) in [5.41, 5.74) is 3.16. The third kappa shape index (κ3) is 5.33. The molecule has 0 aromatic heterocycles. The summed E-state index contributed by atoms with van der Waals surface area (Å²) < 4.78 is 21.8. The molecule has 0 aliphatic carbocycles. The monoisotopic (exact) mass is 367 g/mol. The van der Waals surface area contributed by atoms with E-state index in [1.807, 2.05) is 50.3 Å². The second kappa shape index (κ2) is 10.4. The molecule has 2 rings (SSSR count). The van der Waals surface area contributed by atoms with E-state index in [-0.39, 0.29) is 6.29 Å². The van der Waals surface area contributed by atoms with Gasteiger partial charge < -0.3 is 18.9 Å². The molecule has 0 atom stereocenters. The van der Waals surface area contributed by atoms with Crippen LogP contribution in [-0.2, 0) is 9.47 Å². The van der Waals surface area contributed by atoms with Crippen LogP contribution in [0.3, 0.4) is 0 Å². The van der Waals surface area contributed by atoms with Gasteiger partial charge in [0.25, 0.3) is 0 Å². The highest BCUT2D eigenvalue weighted by atomic mass is 16.7. The van der Waals surface area contributed by atoms with Crippen molar-refractivity contribution in [2.24, 2.45) is 0 Å². The first-order valence-corrected chi connectivity index (χ1v) is 8.84. The molecule has 0 saturated carbocycles. The topological polar surface area (TPSA) is 60.7 Å². The highest BCUT2D eigenvalue weighted by Crippen LogP contribution is 2.31. The largest absolute Gasteiger partial charge is 0.493 e. The quantitative estimate of drug-likeness (QED) is 0.360. The summed E-state index contributed by atoms with van der Waals surface area (Å²) in [5.74, 6) is 1.21. The molecule has 0 aliphatic heterocycles. The summed E-state index contributed by atoms with van der Waals surface area (Å²) in [6.45, 7) is 5.02. The maximum absolute atomic E-state index is 9.58. The number of allylic oxidation sites excluding steroid dienone is 1. The van der Waals surface area contributed by atoms with Gasteiger partial charge in [0.1, 0.15) is 0 Å². The molecule has 27 heavy (non-hydrogen) atoms. The van der Waals surface area contributed by atoms with Crippen molar-refractivity contribution < 1.29 is 18.9 Å². The first kappa shape index (κ1) is 20.5. The molecule has 0 saturated heterocycles. The summed E-state index contributed by atoms with van der Waals surface area (Å²) in [6, 6.07) is 15.5. The third-order valence-corrected chi connectivity index (χ3v) is 3.97. The number of ether oxygens (including phenoxy) is 4. The fourth-order valence-corrected chi connectivity index (χ4v) is 2.64. The van der Waals surface area contributed by atoms with Gasteiger partial charge in [0, 0.05) is 18.8 Å². The van der Waals surface area contributed by atoms with E-state index in [1.165, 1.54) is 0 Å². The van der Waals surface area contributed by atoms with Crippen LogP contribution in [0.15, 0.2) is 42.5 Å². The Bertz CT molecular complexity index is 800. The molecule has 0 N–H and O–H groups in total. The molecule has 5 nitrogen and oxygen atoms in total. The van der Waals surface area contributed by atoms with E-state index < -0.39 is 0 Å². The summed E-state index contributed by atoms with van der Waals surface area (Å²) in [5, 5.41) is 9.58. The van der Waals surface area contributed by atoms with Gasteiger partial charge in [0.05, 0.1) is 25.9 Å². The summed E-state index contributed by atoms with van der Waals surface area (Å²) >= 11 is 0. The Labute approximate surface area is 160 Å². The molecule has 0 bridgehead atoms. The molecular weight excluding hydrogens is 342 g/mol. The van der Waals surface area contributed by atoms with Crippen molar-refractivity contribution in [2.75, 3.05) is 27.4 Å². The number of methoxy groups -OCH3 is 2. The smallest absolute Gasteiger partial charge is 0.183 e. The lowest BCUT2D eigenvalue weighted by Gasteiger charge is -2.17. The van der Waals surface area contributed by atoms with Gasteiger partial charge >= 0.3 is 0 Å². The lowest BCUT2D eigenvalue weighted by molar-refractivity contribution is -0.140. The second-order valence-corrected chi connectivity index (χ2v) is 5.65. The van der Waals surface area contributed by atoms with Crippen LogP contribution in [0.2, 0.25) is 0 Å². The molecule has 0 amide bonds. The predicted molar refractivity (Wildman–Crippen MR) is 105 cm³/mol. The zero-order valence-electron chi connectivity index (χ0n) is 16.2. The predicted octanol–water partition coefficient (Wildman–Crippen LogP) is 4.84. The van der Waals surface area contributed by atoms with Gasteiger partial charge in [-0.25, -0.2) is 0 Å². The minimum atomic E-state index is -0.376. The van der Waals surface area contributed by atoms with Crippen molar-refractivity contribution in [1.29, 1.82) is 5.26 Å². The molecule has 0 spiro atoms. The zero-order chi connectivity index (χ0) is 19.6. The Morgan fingerprint density at radius 3 is 2.11 bits per heavy atom. The highest BCUT2D eigenvalue weighted by molar-refractivity contribution is 5.90. The average molecular weight is 367 g/mol. The minimum Gasteiger partial charge on any atom is -0.493 e. The normalized spacial score (nSPS) is 11.3. The Hall–Kier alpha value is -2.81. The van der Waals surface area contributed by atoms with Gasteiger partial charge in [-0.1, -0.05) is 24.3 Å². The van der Waals surface area contributed by atoms with E-state index in [1.54, 1.807) is 26.4 Å². The highest BCUT2D eigenvalue weighted by Gasteiger charge is 2.11. The van der Waals surface area contributed by atoms with Crippen molar-refractivity contribution in [1.82, 2.24) is 0 Å². The van der Waals surface area contributed by atoms with Crippen LogP contribution in [-0.4, -0.2) is 27.4 Å². The maximum atomic E-state index is 9.58. The maximum Gasteiger partial charge on any atom is 0.183 e. The van der Waals surface area contributed by atoms with Crippen molar-refractivity contribution in [2.45, 2.75) is 20.1 Å². The molecule has 2 aromatic carbocycles. The van der Waals surface area contributed by atoms with E-state index in [0.717, 1.165) is 16.7 Å². The van der Waals surface area contributed by atoms with Crippen molar-refractivity contribution in [3.8, 4) is 17.6 Å². The van der Waals surface area contributed by atoms with Crippen LogP contribution in [0.4, 0.5) is 0 Å². The van der Waals surface area contributed by atoms with E-state index in [4.69, 9.17) is 18.9 Å². The molecule has 5 heteroatoms. The molecule has 0 aliphatic rings. The van der Waals surface area contributed by atoms with Crippen molar-refractivity contribution >= 4 is 11.6 Å². The van der Waals surface area contributed by atoms with Crippen molar-refractivity contribution in [3.63, 3.8) is 0 Å². The van der Waals surface area contributed by atoms with Crippen LogP contribution >= 0.6 is 0 Å². The molecule has 0 radical (unpaired) electrons. The Kier molecular flexibility index (Phi) is 7.87. The first-order valence-electron chi connectivity index (χ1n) is 8.84. The van der Waals surface area contributed by atoms with Gasteiger partial charge in [0.2, 0.25) is 0 Å². The lowest BCUT2D eigenvalue weighted by atomic mass is 10.0. The summed E-state index contributed by atoms with van der Waals surface area (Å²) in [6.07, 6.45) is 1.46. The number of nitriles is 1. The summed E-state index contributed by atoms with van der Waals surface area (Å²) in [7, 11) is 3.15. The van der Waals surface area contributed by atoms with Gasteiger partial charge in [-0.15, -0.1) is 0 Å². The number of benzene rings is 2. The fourth-order valence-electron chi connectivity index (χ4n) is 2.64. The Morgan fingerprint density at radius 1 is 0.963 bits per heavy atom. The molecule has 2 aromatic rings. The Morgan fingerprint density at radius 2 is 1.59 bits per heavy atom. The zero-order valence-corrected chi connectivity index (χ0v) is 16.2. The van der Waals surface area contributed by atoms with Crippen LogP contribution < -0.4 is 9.47 Å². The third-order valence-electron chi connectivity index (χ3n) is 3.97. The number of hydrogen-bond donors (Lipinski definition) is 0. The van der Waals surface area contributed by atoms with Crippen molar-refractivity contribution in [3.05, 3.63) is 59.2 Å². The molecule has 0 heterocycles. The SMILES string of the molecule is CCOC(OCC)c1ccc(/C=C(\C#N)c2ccc(OC)c(OC)c2)cc1. The first-order chi connectivity index (χ1) is 13.2. The molecule has 142 valence electrons. The van der Waals surface area contributed by atoms with Gasteiger partial charge in [-0.3, -0.25) is 0 Å². The van der Waals surface area contributed by atoms with Gasteiger partial charge in [-0.05, 0) is 49.2 Å². The van der Waals surface area contributed by atoms with E-state index in [2.05, 4.69) is 6.07 Å². The lowest BCUT2D eigenvalue weighted by Crippen LogP contribution is -2.08. The molecule has 0 unspecified atom stereocenters. The second-order valence-electron chi connectivity index (χ2n) is 5.65. The number of nitrogens with zero attached hydrogens (tertiary/aromatic N) is 1. The average Bonchev–Trinajstić information content (AvgIpc) is 2.71. The summed E-state index contributed by atoms with van der Waals surface area (Å²) in [4.78, 5) is 0. The van der Waals surface area contributed by atoms with Crippen LogP contribution in [0.25, 0.3) is 11.6 Å².